The van der Waals surface area contributed by atoms with Gasteiger partial charge in [0.2, 0.25) is 0 Å². The Hall–Kier alpha value is -2.85. The maximum Gasteiger partial charge on any atom is 0.271 e. The summed E-state index contributed by atoms with van der Waals surface area (Å²) in [5, 5.41) is 10.7. The summed E-state index contributed by atoms with van der Waals surface area (Å²) in [5.74, 6) is 0.356. The molecule has 4 nitrogen and oxygen atoms in total. The lowest BCUT2D eigenvalue weighted by atomic mass is 10.0. The fourth-order valence-electron chi connectivity index (χ4n) is 3.82. The summed E-state index contributed by atoms with van der Waals surface area (Å²) in [4.78, 5) is 15.3. The van der Waals surface area contributed by atoms with E-state index in [0.29, 0.717) is 31.2 Å². The molecule has 2 aromatic carbocycles. The van der Waals surface area contributed by atoms with Crippen molar-refractivity contribution in [3.05, 3.63) is 83.6 Å². The van der Waals surface area contributed by atoms with Gasteiger partial charge in [0, 0.05) is 30.5 Å². The molecular weight excluding hydrogens is 360 g/mol. The van der Waals surface area contributed by atoms with Crippen LogP contribution < -0.4 is 0 Å². The van der Waals surface area contributed by atoms with Crippen LogP contribution in [0.5, 0.6) is 0 Å². The lowest BCUT2D eigenvalue weighted by Crippen LogP contribution is -2.34. The number of aliphatic hydroxyl groups is 1. The Bertz CT molecular complexity index is 1000. The van der Waals surface area contributed by atoms with Gasteiger partial charge in [-0.15, -0.1) is 6.58 Å². The second-order valence-electron chi connectivity index (χ2n) is 7.74. The minimum absolute atomic E-state index is 0.0652. The Morgan fingerprint density at radius 1 is 1.21 bits per heavy atom. The summed E-state index contributed by atoms with van der Waals surface area (Å²) in [6, 6.07) is 16.3. The Morgan fingerprint density at radius 2 is 1.93 bits per heavy atom. The number of fused-ring (bicyclic) bond motifs is 1. The number of aryl methyl sites for hydroxylation is 1. The number of amides is 1. The SMILES string of the molecule is C=CCn1c(C(=O)N(CCO)Cc2ccccc2)c(C)c2cc(C(C)C)ccc21. The predicted octanol–water partition coefficient (Wildman–Crippen LogP) is 4.89. The monoisotopic (exact) mass is 390 g/mol. The van der Waals surface area contributed by atoms with Gasteiger partial charge in [0.25, 0.3) is 5.91 Å². The standard InChI is InChI=1S/C25H30N2O2/c1-5-13-27-23-12-11-21(18(2)3)16-22(23)19(4)24(27)25(29)26(14-15-28)17-20-9-7-6-8-10-20/h5-12,16,18,28H,1,13-15,17H2,2-4H3. The maximum absolute atomic E-state index is 13.6. The fraction of sp³-hybridized carbons (Fsp3) is 0.320. The van der Waals surface area contributed by atoms with Crippen LogP contribution in [0.2, 0.25) is 0 Å². The van der Waals surface area contributed by atoms with Crippen LogP contribution >= 0.6 is 0 Å². The van der Waals surface area contributed by atoms with Gasteiger partial charge in [0.15, 0.2) is 0 Å². The molecule has 0 aliphatic carbocycles. The van der Waals surface area contributed by atoms with E-state index in [-0.39, 0.29) is 12.5 Å². The average Bonchev–Trinajstić information content (AvgIpc) is 2.99. The summed E-state index contributed by atoms with van der Waals surface area (Å²) >= 11 is 0. The summed E-state index contributed by atoms with van der Waals surface area (Å²) in [7, 11) is 0. The van der Waals surface area contributed by atoms with Crippen molar-refractivity contribution in [2.45, 2.75) is 39.8 Å². The molecule has 3 rings (SSSR count). The van der Waals surface area contributed by atoms with E-state index < -0.39 is 0 Å². The number of carbonyl (C=O) groups is 1. The molecule has 0 radical (unpaired) electrons. The molecule has 0 aliphatic heterocycles. The Balaban J connectivity index is 2.09. The number of carbonyl (C=O) groups excluding carboxylic acids is 1. The van der Waals surface area contributed by atoms with Crippen LogP contribution in [0.15, 0.2) is 61.2 Å². The van der Waals surface area contributed by atoms with E-state index in [1.54, 1.807) is 4.90 Å². The number of hydrogen-bond acceptors (Lipinski definition) is 2. The third-order valence-corrected chi connectivity index (χ3v) is 5.39. The first-order valence-electron chi connectivity index (χ1n) is 10.2. The zero-order chi connectivity index (χ0) is 21.0. The molecule has 1 amide bonds. The third-order valence-electron chi connectivity index (χ3n) is 5.39. The van der Waals surface area contributed by atoms with Gasteiger partial charge in [-0.2, -0.15) is 0 Å². The zero-order valence-corrected chi connectivity index (χ0v) is 17.6. The number of hydrogen-bond donors (Lipinski definition) is 1. The van der Waals surface area contributed by atoms with E-state index in [4.69, 9.17) is 0 Å². The summed E-state index contributed by atoms with van der Waals surface area (Å²) in [6.07, 6.45) is 1.82. The number of aliphatic hydroxyl groups excluding tert-OH is 1. The highest BCUT2D eigenvalue weighted by Gasteiger charge is 2.24. The molecule has 152 valence electrons. The lowest BCUT2D eigenvalue weighted by molar-refractivity contribution is 0.0697. The molecule has 3 aromatic rings. The average molecular weight is 391 g/mol. The number of rotatable bonds is 8. The van der Waals surface area contributed by atoms with Gasteiger partial charge in [0.05, 0.1) is 6.61 Å². The molecule has 4 heteroatoms. The second kappa shape index (κ2) is 9.10. The number of nitrogens with zero attached hydrogens (tertiary/aromatic N) is 2. The van der Waals surface area contributed by atoms with Crippen molar-refractivity contribution in [1.82, 2.24) is 9.47 Å². The Kier molecular flexibility index (Phi) is 6.55. The third kappa shape index (κ3) is 4.28. The Labute approximate surface area is 173 Å². The lowest BCUT2D eigenvalue weighted by Gasteiger charge is -2.23. The highest BCUT2D eigenvalue weighted by Crippen LogP contribution is 2.30. The number of allylic oxidation sites excluding steroid dienone is 1. The molecule has 0 saturated heterocycles. The molecule has 29 heavy (non-hydrogen) atoms. The van der Waals surface area contributed by atoms with Crippen molar-refractivity contribution in [1.29, 1.82) is 0 Å². The van der Waals surface area contributed by atoms with Crippen LogP contribution in [0.4, 0.5) is 0 Å². The van der Waals surface area contributed by atoms with Crippen LogP contribution in [0.25, 0.3) is 10.9 Å². The zero-order valence-electron chi connectivity index (χ0n) is 17.6. The van der Waals surface area contributed by atoms with Gasteiger partial charge < -0.3 is 14.6 Å². The molecular formula is C25H30N2O2. The van der Waals surface area contributed by atoms with Crippen LogP contribution in [-0.2, 0) is 13.1 Å². The molecule has 0 unspecified atom stereocenters. The largest absolute Gasteiger partial charge is 0.395 e. The highest BCUT2D eigenvalue weighted by atomic mass is 16.3. The van der Waals surface area contributed by atoms with Crippen molar-refractivity contribution in [2.75, 3.05) is 13.2 Å². The van der Waals surface area contributed by atoms with Crippen molar-refractivity contribution >= 4 is 16.8 Å². The molecule has 0 saturated carbocycles. The minimum Gasteiger partial charge on any atom is -0.395 e. The van der Waals surface area contributed by atoms with Gasteiger partial charge in [0.1, 0.15) is 5.69 Å². The van der Waals surface area contributed by atoms with Gasteiger partial charge in [-0.1, -0.05) is 56.3 Å². The first kappa shape index (κ1) is 20.9. The highest BCUT2D eigenvalue weighted by molar-refractivity contribution is 6.02. The van der Waals surface area contributed by atoms with Crippen LogP contribution in [-0.4, -0.2) is 33.6 Å². The Morgan fingerprint density at radius 3 is 2.55 bits per heavy atom. The molecule has 0 atom stereocenters. The van der Waals surface area contributed by atoms with Crippen molar-refractivity contribution in [3.8, 4) is 0 Å². The summed E-state index contributed by atoms with van der Waals surface area (Å²) in [6.45, 7) is 11.5. The predicted molar refractivity (Wildman–Crippen MR) is 119 cm³/mol. The van der Waals surface area contributed by atoms with E-state index in [0.717, 1.165) is 22.0 Å². The van der Waals surface area contributed by atoms with Gasteiger partial charge in [-0.3, -0.25) is 4.79 Å². The van der Waals surface area contributed by atoms with Gasteiger partial charge in [-0.25, -0.2) is 0 Å². The van der Waals surface area contributed by atoms with Gasteiger partial charge >= 0.3 is 0 Å². The quantitative estimate of drug-likeness (QED) is 0.557. The first-order valence-corrected chi connectivity index (χ1v) is 10.2. The molecule has 1 heterocycles. The topological polar surface area (TPSA) is 45.5 Å². The van der Waals surface area contributed by atoms with E-state index in [1.807, 2.05) is 47.9 Å². The van der Waals surface area contributed by atoms with Crippen LogP contribution in [0.1, 0.15) is 46.9 Å². The number of aromatic nitrogens is 1. The minimum atomic E-state index is -0.0726. The molecule has 0 bridgehead atoms. The summed E-state index contributed by atoms with van der Waals surface area (Å²) < 4.78 is 2.04. The smallest absolute Gasteiger partial charge is 0.271 e. The van der Waals surface area contributed by atoms with E-state index in [2.05, 4.69) is 38.6 Å². The number of benzene rings is 2. The van der Waals surface area contributed by atoms with Gasteiger partial charge in [-0.05, 0) is 41.7 Å². The van der Waals surface area contributed by atoms with Crippen LogP contribution in [0.3, 0.4) is 0 Å². The fourth-order valence-corrected chi connectivity index (χ4v) is 3.82. The summed E-state index contributed by atoms with van der Waals surface area (Å²) in [5.41, 5.74) is 4.99. The second-order valence-corrected chi connectivity index (χ2v) is 7.74. The van der Waals surface area contributed by atoms with E-state index in [9.17, 15) is 9.90 Å². The van der Waals surface area contributed by atoms with E-state index >= 15 is 0 Å². The molecule has 1 N–H and O–H groups in total. The van der Waals surface area contributed by atoms with Crippen LogP contribution in [0, 0.1) is 6.92 Å². The molecule has 0 aliphatic rings. The first-order chi connectivity index (χ1) is 14.0. The maximum atomic E-state index is 13.6. The molecule has 0 fully saturated rings. The van der Waals surface area contributed by atoms with Crippen molar-refractivity contribution in [2.24, 2.45) is 0 Å². The normalized spacial score (nSPS) is 11.2. The van der Waals surface area contributed by atoms with Crippen molar-refractivity contribution in [3.63, 3.8) is 0 Å². The van der Waals surface area contributed by atoms with E-state index in [1.165, 1.54) is 5.56 Å². The molecule has 0 spiro atoms. The molecule has 1 aromatic heterocycles. The van der Waals surface area contributed by atoms with Crippen molar-refractivity contribution < 1.29 is 9.90 Å².